The lowest BCUT2D eigenvalue weighted by Crippen LogP contribution is -2.35. The number of methoxy groups -OCH3 is 1. The van der Waals surface area contributed by atoms with Crippen molar-refractivity contribution < 1.29 is 19.4 Å². The van der Waals surface area contributed by atoms with Crippen LogP contribution in [0.3, 0.4) is 0 Å². The molecule has 0 aromatic heterocycles. The van der Waals surface area contributed by atoms with Crippen molar-refractivity contribution in [1.82, 2.24) is 0 Å². The Morgan fingerprint density at radius 1 is 0.929 bits per heavy atom. The van der Waals surface area contributed by atoms with E-state index in [2.05, 4.69) is 11.8 Å². The summed E-state index contributed by atoms with van der Waals surface area (Å²) < 4.78 is 4.77. The molecule has 0 unspecified atom stereocenters. The Balaban J connectivity index is 1.96. The Morgan fingerprint density at radius 3 is 2.04 bits per heavy atom. The summed E-state index contributed by atoms with van der Waals surface area (Å²) in [6.07, 6.45) is 0.786. The topological polar surface area (TPSA) is 63.6 Å². The third-order valence-corrected chi connectivity index (χ3v) is 4.33. The molecule has 0 heterocycles. The van der Waals surface area contributed by atoms with Gasteiger partial charge in [-0.05, 0) is 29.2 Å². The van der Waals surface area contributed by atoms with Crippen LogP contribution in [0.15, 0.2) is 78.9 Å². The molecule has 3 aromatic rings. The molecule has 0 spiro atoms. The predicted molar refractivity (Wildman–Crippen MR) is 106 cm³/mol. The van der Waals surface area contributed by atoms with E-state index in [1.807, 2.05) is 30.3 Å². The molecule has 4 heteroatoms. The van der Waals surface area contributed by atoms with Crippen LogP contribution >= 0.6 is 0 Å². The number of aldehydes is 1. The minimum absolute atomic E-state index is 0.316. The molecule has 0 aliphatic rings. The van der Waals surface area contributed by atoms with Gasteiger partial charge in [0.25, 0.3) is 5.60 Å². The van der Waals surface area contributed by atoms with Crippen molar-refractivity contribution in [2.24, 2.45) is 0 Å². The number of hydrogen-bond donors (Lipinski definition) is 1. The fourth-order valence-electron chi connectivity index (χ4n) is 2.73. The molecule has 0 saturated heterocycles. The van der Waals surface area contributed by atoms with Gasteiger partial charge in [-0.2, -0.15) is 0 Å². The van der Waals surface area contributed by atoms with Crippen LogP contribution in [0.2, 0.25) is 0 Å². The smallest absolute Gasteiger partial charge is 0.355 e. The predicted octanol–water partition coefficient (Wildman–Crippen LogP) is 3.58. The lowest BCUT2D eigenvalue weighted by Gasteiger charge is -2.20. The number of esters is 1. The third kappa shape index (κ3) is 4.01. The monoisotopic (exact) mass is 370 g/mol. The van der Waals surface area contributed by atoms with Crippen molar-refractivity contribution in [3.8, 4) is 23.0 Å². The standard InChI is InChI=1S/C24H18O4/c1-28-23(26)24(27,16-15-18-5-3-2-4-6-18)22-13-11-21(12-14-22)20-9-7-19(17-25)8-10-20/h2-14,17,27H,1H3/t24-/m1/s1. The maximum atomic E-state index is 12.3. The van der Waals surface area contributed by atoms with Gasteiger partial charge >= 0.3 is 5.97 Å². The van der Waals surface area contributed by atoms with Gasteiger partial charge in [-0.3, -0.25) is 4.79 Å². The van der Waals surface area contributed by atoms with Crippen molar-refractivity contribution in [1.29, 1.82) is 0 Å². The van der Waals surface area contributed by atoms with Crippen molar-refractivity contribution in [3.63, 3.8) is 0 Å². The van der Waals surface area contributed by atoms with Crippen molar-refractivity contribution in [2.75, 3.05) is 7.11 Å². The van der Waals surface area contributed by atoms with Gasteiger partial charge in [-0.1, -0.05) is 72.7 Å². The number of hydrogen-bond acceptors (Lipinski definition) is 4. The first-order valence-electron chi connectivity index (χ1n) is 8.62. The van der Waals surface area contributed by atoms with Crippen LogP contribution in [-0.4, -0.2) is 24.5 Å². The first-order chi connectivity index (χ1) is 13.6. The summed E-state index contributed by atoms with van der Waals surface area (Å²) in [5.41, 5.74) is 1.30. The van der Waals surface area contributed by atoms with Crippen LogP contribution in [0.5, 0.6) is 0 Å². The highest BCUT2D eigenvalue weighted by Crippen LogP contribution is 2.26. The average molecular weight is 370 g/mol. The number of carbonyl (C=O) groups excluding carboxylic acids is 2. The first kappa shape index (κ1) is 19.1. The maximum absolute atomic E-state index is 12.3. The van der Waals surface area contributed by atoms with Gasteiger partial charge in [-0.25, -0.2) is 4.79 Å². The maximum Gasteiger partial charge on any atom is 0.355 e. The van der Waals surface area contributed by atoms with Gasteiger partial charge < -0.3 is 9.84 Å². The highest BCUT2D eigenvalue weighted by atomic mass is 16.5. The van der Waals surface area contributed by atoms with E-state index in [0.29, 0.717) is 16.7 Å². The van der Waals surface area contributed by atoms with E-state index in [0.717, 1.165) is 17.4 Å². The van der Waals surface area contributed by atoms with Crippen molar-refractivity contribution in [3.05, 3.63) is 95.6 Å². The zero-order valence-corrected chi connectivity index (χ0v) is 15.3. The number of rotatable bonds is 4. The Morgan fingerprint density at radius 2 is 1.50 bits per heavy atom. The lowest BCUT2D eigenvalue weighted by atomic mass is 9.92. The fraction of sp³-hybridized carbons (Fsp3) is 0.0833. The molecule has 3 aromatic carbocycles. The van der Waals surface area contributed by atoms with E-state index in [-0.39, 0.29) is 0 Å². The quantitative estimate of drug-likeness (QED) is 0.433. The molecule has 0 radical (unpaired) electrons. The highest BCUT2D eigenvalue weighted by molar-refractivity contribution is 5.85. The number of aliphatic hydroxyl groups is 1. The molecule has 3 rings (SSSR count). The molecule has 0 aliphatic heterocycles. The number of ether oxygens (including phenoxy) is 1. The molecule has 1 atom stereocenters. The highest BCUT2D eigenvalue weighted by Gasteiger charge is 2.37. The zero-order valence-electron chi connectivity index (χ0n) is 15.3. The normalized spacial score (nSPS) is 12.2. The second kappa shape index (κ2) is 8.34. The summed E-state index contributed by atoms with van der Waals surface area (Å²) >= 11 is 0. The summed E-state index contributed by atoms with van der Waals surface area (Å²) in [7, 11) is 1.21. The second-order valence-corrected chi connectivity index (χ2v) is 6.14. The molecular weight excluding hydrogens is 352 g/mol. The summed E-state index contributed by atoms with van der Waals surface area (Å²) in [5, 5.41) is 11.0. The molecule has 28 heavy (non-hydrogen) atoms. The average Bonchev–Trinajstić information content (AvgIpc) is 2.77. The SMILES string of the molecule is COC(=O)[C@@](O)(C#Cc1ccccc1)c1ccc(-c2ccc(C=O)cc2)cc1. The Hall–Kier alpha value is -3.68. The molecule has 0 fully saturated rings. The van der Waals surface area contributed by atoms with E-state index in [4.69, 9.17) is 4.74 Å². The van der Waals surface area contributed by atoms with Gasteiger partial charge in [0.05, 0.1) is 7.11 Å². The Bertz CT molecular complexity index is 1030. The van der Waals surface area contributed by atoms with Gasteiger partial charge in [0.1, 0.15) is 6.29 Å². The van der Waals surface area contributed by atoms with Crippen LogP contribution in [0.4, 0.5) is 0 Å². The third-order valence-electron chi connectivity index (χ3n) is 4.33. The molecule has 4 nitrogen and oxygen atoms in total. The van der Waals surface area contributed by atoms with E-state index < -0.39 is 11.6 Å². The van der Waals surface area contributed by atoms with E-state index in [1.54, 1.807) is 48.5 Å². The molecule has 0 bridgehead atoms. The van der Waals surface area contributed by atoms with Crippen LogP contribution < -0.4 is 0 Å². The van der Waals surface area contributed by atoms with Crippen LogP contribution in [0.25, 0.3) is 11.1 Å². The molecular formula is C24H18O4. The van der Waals surface area contributed by atoms with E-state index in [1.165, 1.54) is 7.11 Å². The Labute approximate surface area is 163 Å². The lowest BCUT2D eigenvalue weighted by molar-refractivity contribution is -0.157. The second-order valence-electron chi connectivity index (χ2n) is 6.14. The summed E-state index contributed by atoms with van der Waals surface area (Å²) in [5.74, 6) is 4.62. The number of benzene rings is 3. The Kier molecular flexibility index (Phi) is 5.69. The molecule has 0 amide bonds. The van der Waals surface area contributed by atoms with Crippen LogP contribution in [0, 0.1) is 11.8 Å². The van der Waals surface area contributed by atoms with Gasteiger partial charge in [0, 0.05) is 16.7 Å². The van der Waals surface area contributed by atoms with Crippen LogP contribution in [0.1, 0.15) is 21.5 Å². The van der Waals surface area contributed by atoms with Crippen molar-refractivity contribution in [2.45, 2.75) is 5.60 Å². The van der Waals surface area contributed by atoms with E-state index in [9.17, 15) is 14.7 Å². The minimum Gasteiger partial charge on any atom is -0.466 e. The van der Waals surface area contributed by atoms with Gasteiger partial charge in [-0.15, -0.1) is 0 Å². The summed E-state index contributed by atoms with van der Waals surface area (Å²) in [6, 6.07) is 23.1. The fourth-order valence-corrected chi connectivity index (χ4v) is 2.73. The largest absolute Gasteiger partial charge is 0.466 e. The summed E-state index contributed by atoms with van der Waals surface area (Å²) in [6.45, 7) is 0. The van der Waals surface area contributed by atoms with Crippen molar-refractivity contribution >= 4 is 12.3 Å². The van der Waals surface area contributed by atoms with E-state index >= 15 is 0 Å². The van der Waals surface area contributed by atoms with Crippen LogP contribution in [-0.2, 0) is 15.1 Å². The summed E-state index contributed by atoms with van der Waals surface area (Å²) in [4.78, 5) is 23.1. The molecule has 138 valence electrons. The molecule has 1 N–H and O–H groups in total. The first-order valence-corrected chi connectivity index (χ1v) is 8.62. The number of carbonyl (C=O) groups is 2. The van der Waals surface area contributed by atoms with Gasteiger partial charge in [0.15, 0.2) is 0 Å². The minimum atomic E-state index is -2.08. The zero-order chi connectivity index (χ0) is 20.0. The molecule has 0 saturated carbocycles. The molecule has 0 aliphatic carbocycles. The van der Waals surface area contributed by atoms with Gasteiger partial charge in [0.2, 0.25) is 0 Å².